The van der Waals surface area contributed by atoms with Crippen molar-refractivity contribution in [3.63, 3.8) is 0 Å². The Kier molecular flexibility index (Phi) is 3.54. The van der Waals surface area contributed by atoms with Crippen molar-refractivity contribution in [1.82, 2.24) is 0 Å². The molecule has 2 rings (SSSR count). The van der Waals surface area contributed by atoms with Gasteiger partial charge in [-0.15, -0.1) is 0 Å². The highest BCUT2D eigenvalue weighted by Gasteiger charge is 2.44. The molecule has 1 saturated carbocycles. The lowest BCUT2D eigenvalue weighted by molar-refractivity contribution is -0.145. The third kappa shape index (κ3) is 2.53. The molecule has 1 aliphatic carbocycles. The van der Waals surface area contributed by atoms with Crippen molar-refractivity contribution in [2.24, 2.45) is 0 Å². The van der Waals surface area contributed by atoms with Crippen LogP contribution in [0.5, 0.6) is 0 Å². The number of carboxylic acid groups (broad SMARTS) is 1. The Morgan fingerprint density at radius 2 is 2.00 bits per heavy atom. The van der Waals surface area contributed by atoms with Crippen LogP contribution in [-0.2, 0) is 4.79 Å². The van der Waals surface area contributed by atoms with Crippen molar-refractivity contribution in [2.45, 2.75) is 37.2 Å². The molecule has 1 aromatic carbocycles. The molecule has 17 heavy (non-hydrogen) atoms. The summed E-state index contributed by atoms with van der Waals surface area (Å²) in [5, 5.41) is 19.8. The van der Waals surface area contributed by atoms with Gasteiger partial charge in [-0.1, -0.05) is 40.9 Å². The average molecular weight is 299 g/mol. The van der Waals surface area contributed by atoms with Gasteiger partial charge in [-0.3, -0.25) is 4.79 Å². The van der Waals surface area contributed by atoms with Crippen molar-refractivity contribution in [3.8, 4) is 0 Å². The molecule has 0 heterocycles. The number of aliphatic hydroxyl groups is 1. The monoisotopic (exact) mass is 298 g/mol. The number of halogens is 1. The summed E-state index contributed by atoms with van der Waals surface area (Å²) in [7, 11) is 0. The van der Waals surface area contributed by atoms with E-state index in [9.17, 15) is 15.0 Å². The number of hydrogen-bond acceptors (Lipinski definition) is 2. The van der Waals surface area contributed by atoms with Crippen LogP contribution in [0, 0.1) is 0 Å². The summed E-state index contributed by atoms with van der Waals surface area (Å²) in [4.78, 5) is 11.4. The lowest BCUT2D eigenvalue weighted by Crippen LogP contribution is -2.38. The first-order valence-corrected chi connectivity index (χ1v) is 6.53. The summed E-state index contributed by atoms with van der Waals surface area (Å²) in [6, 6.07) is 7.18. The van der Waals surface area contributed by atoms with E-state index in [4.69, 9.17) is 0 Å². The molecule has 3 nitrogen and oxygen atoms in total. The molecule has 1 atom stereocenters. The van der Waals surface area contributed by atoms with Crippen LogP contribution < -0.4 is 0 Å². The fraction of sp³-hybridized carbons (Fsp3) is 0.462. The first-order chi connectivity index (χ1) is 8.03. The molecule has 0 bridgehead atoms. The smallest absolute Gasteiger partial charge is 0.313 e. The number of aliphatic carboxylic acids is 1. The van der Waals surface area contributed by atoms with Crippen LogP contribution in [0.2, 0.25) is 0 Å². The highest BCUT2D eigenvalue weighted by molar-refractivity contribution is 9.10. The number of carbonyl (C=O) groups is 1. The Hall–Kier alpha value is -0.870. The van der Waals surface area contributed by atoms with Crippen LogP contribution in [0.4, 0.5) is 0 Å². The van der Waals surface area contributed by atoms with Gasteiger partial charge in [0.15, 0.2) is 0 Å². The Morgan fingerprint density at radius 3 is 2.53 bits per heavy atom. The quantitative estimate of drug-likeness (QED) is 0.902. The highest BCUT2D eigenvalue weighted by Crippen LogP contribution is 2.41. The van der Waals surface area contributed by atoms with Gasteiger partial charge >= 0.3 is 5.97 Å². The number of hydrogen-bond donors (Lipinski definition) is 2. The maximum atomic E-state index is 11.4. The zero-order chi connectivity index (χ0) is 12.5. The second-order valence-corrected chi connectivity index (χ2v) is 5.55. The molecule has 92 valence electrons. The van der Waals surface area contributed by atoms with Gasteiger partial charge < -0.3 is 10.2 Å². The second-order valence-electron chi connectivity index (χ2n) is 4.64. The molecule has 0 saturated heterocycles. The molecule has 4 heteroatoms. The van der Waals surface area contributed by atoms with E-state index in [-0.39, 0.29) is 0 Å². The minimum Gasteiger partial charge on any atom is -0.481 e. The van der Waals surface area contributed by atoms with Gasteiger partial charge in [0.1, 0.15) is 5.92 Å². The Bertz CT molecular complexity index is 424. The van der Waals surface area contributed by atoms with Crippen molar-refractivity contribution in [3.05, 3.63) is 34.3 Å². The zero-order valence-electron chi connectivity index (χ0n) is 9.40. The van der Waals surface area contributed by atoms with Crippen molar-refractivity contribution < 1.29 is 15.0 Å². The van der Waals surface area contributed by atoms with E-state index in [1.807, 2.05) is 6.07 Å². The molecular formula is C13H15BrO3. The normalized spacial score (nSPS) is 20.1. The van der Waals surface area contributed by atoms with Gasteiger partial charge in [0.05, 0.1) is 5.60 Å². The van der Waals surface area contributed by atoms with Crippen molar-refractivity contribution >= 4 is 21.9 Å². The molecule has 1 aromatic rings. The number of benzene rings is 1. The lowest BCUT2D eigenvalue weighted by Gasteiger charge is -2.29. The summed E-state index contributed by atoms with van der Waals surface area (Å²) in [6.45, 7) is 0. The molecule has 0 amide bonds. The number of rotatable bonds is 3. The topological polar surface area (TPSA) is 57.5 Å². The van der Waals surface area contributed by atoms with Crippen LogP contribution in [0.15, 0.2) is 28.7 Å². The lowest BCUT2D eigenvalue weighted by atomic mass is 9.81. The van der Waals surface area contributed by atoms with Crippen LogP contribution in [0.3, 0.4) is 0 Å². The zero-order valence-corrected chi connectivity index (χ0v) is 11.0. The van der Waals surface area contributed by atoms with Crippen LogP contribution in [-0.4, -0.2) is 21.8 Å². The number of carboxylic acids is 1. The standard InChI is InChI=1S/C13H15BrO3/c14-10-5-3-4-9(8-10)11(12(15)16)13(17)6-1-2-7-13/h3-5,8,11,17H,1-2,6-7H2,(H,15,16)/t11-/m1/s1. The molecule has 1 fully saturated rings. The molecule has 0 aliphatic heterocycles. The van der Waals surface area contributed by atoms with Gasteiger partial charge in [0, 0.05) is 4.47 Å². The molecule has 1 aliphatic rings. The predicted molar refractivity (Wildman–Crippen MR) is 67.9 cm³/mol. The van der Waals surface area contributed by atoms with Gasteiger partial charge in [-0.25, -0.2) is 0 Å². The second kappa shape index (κ2) is 4.78. The van der Waals surface area contributed by atoms with Gasteiger partial charge in [-0.2, -0.15) is 0 Å². The molecule has 0 spiro atoms. The fourth-order valence-electron chi connectivity index (χ4n) is 2.64. The Balaban J connectivity index is 2.39. The van der Waals surface area contributed by atoms with Crippen LogP contribution >= 0.6 is 15.9 Å². The van der Waals surface area contributed by atoms with E-state index in [1.165, 1.54) is 0 Å². The van der Waals surface area contributed by atoms with Gasteiger partial charge in [0.2, 0.25) is 0 Å². The molecule has 2 N–H and O–H groups in total. The largest absolute Gasteiger partial charge is 0.481 e. The third-order valence-electron chi connectivity index (χ3n) is 3.44. The first-order valence-electron chi connectivity index (χ1n) is 5.73. The average Bonchev–Trinajstić information content (AvgIpc) is 2.65. The summed E-state index contributed by atoms with van der Waals surface area (Å²) in [6.07, 6.45) is 2.93. The van der Waals surface area contributed by atoms with E-state index in [2.05, 4.69) is 15.9 Å². The van der Waals surface area contributed by atoms with E-state index in [1.54, 1.807) is 18.2 Å². The maximum absolute atomic E-state index is 11.4. The molecule has 0 unspecified atom stereocenters. The van der Waals surface area contributed by atoms with Gasteiger partial charge in [-0.05, 0) is 30.5 Å². The van der Waals surface area contributed by atoms with Crippen LogP contribution in [0.1, 0.15) is 37.2 Å². The maximum Gasteiger partial charge on any atom is 0.313 e. The highest BCUT2D eigenvalue weighted by atomic mass is 79.9. The molecular weight excluding hydrogens is 284 g/mol. The van der Waals surface area contributed by atoms with Gasteiger partial charge in [0.25, 0.3) is 0 Å². The van der Waals surface area contributed by atoms with E-state index in [0.717, 1.165) is 17.3 Å². The summed E-state index contributed by atoms with van der Waals surface area (Å²) < 4.78 is 0.836. The summed E-state index contributed by atoms with van der Waals surface area (Å²) in [5.41, 5.74) is -0.427. The van der Waals surface area contributed by atoms with Crippen molar-refractivity contribution in [1.29, 1.82) is 0 Å². The van der Waals surface area contributed by atoms with E-state index in [0.29, 0.717) is 18.4 Å². The van der Waals surface area contributed by atoms with Crippen molar-refractivity contribution in [2.75, 3.05) is 0 Å². The molecule has 0 radical (unpaired) electrons. The Labute approximate surface area is 109 Å². The fourth-order valence-corrected chi connectivity index (χ4v) is 3.06. The third-order valence-corrected chi connectivity index (χ3v) is 3.93. The molecule has 0 aromatic heterocycles. The summed E-state index contributed by atoms with van der Waals surface area (Å²) >= 11 is 3.33. The summed E-state index contributed by atoms with van der Waals surface area (Å²) in [5.74, 6) is -1.78. The predicted octanol–water partition coefficient (Wildman–Crippen LogP) is 2.92. The first kappa shape index (κ1) is 12.6. The van der Waals surface area contributed by atoms with E-state index >= 15 is 0 Å². The SMILES string of the molecule is O=C(O)[C@@H](c1cccc(Br)c1)C1(O)CCCC1. The minimum atomic E-state index is -1.09. The Morgan fingerprint density at radius 1 is 1.35 bits per heavy atom. The van der Waals surface area contributed by atoms with Crippen LogP contribution in [0.25, 0.3) is 0 Å². The van der Waals surface area contributed by atoms with E-state index < -0.39 is 17.5 Å². The minimum absolute atomic E-state index is 0.566.